The number of likely N-dealkylation sites (tertiary alicyclic amines) is 1. The molecule has 2 rings (SSSR count). The molecule has 1 heterocycles. The van der Waals surface area contributed by atoms with Gasteiger partial charge in [-0.15, -0.1) is 0 Å². The predicted molar refractivity (Wildman–Crippen MR) is 84.4 cm³/mol. The molecule has 1 atom stereocenters. The van der Waals surface area contributed by atoms with Crippen molar-refractivity contribution in [3.8, 4) is 0 Å². The normalized spacial score (nSPS) is 21.4. The van der Waals surface area contributed by atoms with Crippen molar-refractivity contribution in [3.63, 3.8) is 0 Å². The Balaban J connectivity index is 2.05. The third-order valence-electron chi connectivity index (χ3n) is 4.18. The average Bonchev–Trinajstić information content (AvgIpc) is 2.89. The van der Waals surface area contributed by atoms with Crippen molar-refractivity contribution in [2.75, 3.05) is 18.4 Å². The molecule has 0 aliphatic carbocycles. The van der Waals surface area contributed by atoms with Gasteiger partial charge >= 0.3 is 12.0 Å². The lowest BCUT2D eigenvalue weighted by atomic mass is 9.84. The van der Waals surface area contributed by atoms with E-state index in [0.717, 1.165) is 10.0 Å². The van der Waals surface area contributed by atoms with Crippen molar-refractivity contribution in [1.29, 1.82) is 0 Å². The summed E-state index contributed by atoms with van der Waals surface area (Å²) in [4.78, 5) is 25.2. The molecule has 2 amide bonds. The predicted octanol–water partition coefficient (Wildman–Crippen LogP) is 3.48. The van der Waals surface area contributed by atoms with Crippen molar-refractivity contribution >= 4 is 33.6 Å². The molecule has 1 aliphatic heterocycles. The Kier molecular flexibility index (Phi) is 4.56. The molecule has 0 aromatic heterocycles. The zero-order valence-corrected chi connectivity index (χ0v) is 13.7. The quantitative estimate of drug-likeness (QED) is 0.872. The highest BCUT2D eigenvalue weighted by molar-refractivity contribution is 9.10. The lowest BCUT2D eigenvalue weighted by molar-refractivity contribution is -0.148. The molecule has 1 aliphatic rings. The topological polar surface area (TPSA) is 69.6 Å². The number of benzene rings is 1. The van der Waals surface area contributed by atoms with Crippen LogP contribution in [-0.2, 0) is 4.79 Å². The van der Waals surface area contributed by atoms with Crippen molar-refractivity contribution < 1.29 is 14.7 Å². The van der Waals surface area contributed by atoms with Crippen LogP contribution in [0.3, 0.4) is 0 Å². The van der Waals surface area contributed by atoms with Crippen LogP contribution in [0.15, 0.2) is 22.7 Å². The zero-order chi connectivity index (χ0) is 15.6. The van der Waals surface area contributed by atoms with Crippen LogP contribution in [0.2, 0.25) is 0 Å². The van der Waals surface area contributed by atoms with Gasteiger partial charge in [0.15, 0.2) is 0 Å². The largest absolute Gasteiger partial charge is 0.481 e. The van der Waals surface area contributed by atoms with E-state index in [4.69, 9.17) is 0 Å². The maximum atomic E-state index is 12.2. The Morgan fingerprint density at radius 2 is 2.19 bits per heavy atom. The number of carboxylic acid groups (broad SMARTS) is 1. The smallest absolute Gasteiger partial charge is 0.321 e. The van der Waals surface area contributed by atoms with Gasteiger partial charge in [0.2, 0.25) is 0 Å². The molecule has 0 bridgehead atoms. The summed E-state index contributed by atoms with van der Waals surface area (Å²) < 4.78 is 0.984. The van der Waals surface area contributed by atoms with Gasteiger partial charge in [0.25, 0.3) is 0 Å². The SMILES string of the molecule is CCC1(C(=O)O)CCN(C(=O)Nc2ccc(Br)c(C)c2)C1. The van der Waals surface area contributed by atoms with Gasteiger partial charge in [0.05, 0.1) is 5.41 Å². The summed E-state index contributed by atoms with van der Waals surface area (Å²) in [6.07, 6.45) is 1.04. The summed E-state index contributed by atoms with van der Waals surface area (Å²) >= 11 is 3.41. The summed E-state index contributed by atoms with van der Waals surface area (Å²) in [5.74, 6) is -0.820. The highest BCUT2D eigenvalue weighted by atomic mass is 79.9. The number of carboxylic acids is 1. The lowest BCUT2D eigenvalue weighted by Gasteiger charge is -2.23. The van der Waals surface area contributed by atoms with Gasteiger partial charge in [-0.25, -0.2) is 4.79 Å². The molecule has 1 aromatic carbocycles. The molecule has 1 fully saturated rings. The van der Waals surface area contributed by atoms with E-state index < -0.39 is 11.4 Å². The van der Waals surface area contributed by atoms with E-state index in [1.165, 1.54) is 0 Å². The third-order valence-corrected chi connectivity index (χ3v) is 5.07. The third kappa shape index (κ3) is 3.20. The molecular formula is C15H19BrN2O3. The first kappa shape index (κ1) is 15.8. The van der Waals surface area contributed by atoms with E-state index in [1.807, 2.05) is 32.0 Å². The fourth-order valence-corrected chi connectivity index (χ4v) is 2.83. The molecule has 1 aromatic rings. The number of carbonyl (C=O) groups excluding carboxylic acids is 1. The second-order valence-electron chi connectivity index (χ2n) is 5.50. The zero-order valence-electron chi connectivity index (χ0n) is 12.1. The molecule has 21 heavy (non-hydrogen) atoms. The minimum atomic E-state index is -0.820. The van der Waals surface area contributed by atoms with Crippen LogP contribution in [-0.4, -0.2) is 35.1 Å². The Morgan fingerprint density at radius 1 is 1.48 bits per heavy atom. The van der Waals surface area contributed by atoms with Crippen LogP contribution in [0, 0.1) is 12.3 Å². The molecule has 6 heteroatoms. The molecule has 114 valence electrons. The maximum absolute atomic E-state index is 12.2. The number of hydrogen-bond acceptors (Lipinski definition) is 2. The monoisotopic (exact) mass is 354 g/mol. The van der Waals surface area contributed by atoms with Crippen molar-refractivity contribution in [2.45, 2.75) is 26.7 Å². The fraction of sp³-hybridized carbons (Fsp3) is 0.467. The first-order chi connectivity index (χ1) is 9.88. The standard InChI is InChI=1S/C15H19BrN2O3/c1-3-15(13(19)20)6-7-18(9-15)14(21)17-11-4-5-12(16)10(2)8-11/h4-5,8H,3,6-7,9H2,1-2H3,(H,17,21)(H,19,20). The van der Waals surface area contributed by atoms with E-state index in [0.29, 0.717) is 25.1 Å². The lowest BCUT2D eigenvalue weighted by Crippen LogP contribution is -2.38. The van der Waals surface area contributed by atoms with Crippen LogP contribution >= 0.6 is 15.9 Å². The van der Waals surface area contributed by atoms with Crippen LogP contribution < -0.4 is 5.32 Å². The molecule has 1 unspecified atom stereocenters. The number of nitrogens with one attached hydrogen (secondary N) is 1. The molecule has 0 radical (unpaired) electrons. The molecule has 1 saturated heterocycles. The Hall–Kier alpha value is -1.56. The number of amides is 2. The molecule has 2 N–H and O–H groups in total. The van der Waals surface area contributed by atoms with Gasteiger partial charge in [-0.3, -0.25) is 4.79 Å². The minimum absolute atomic E-state index is 0.242. The van der Waals surface area contributed by atoms with Crippen molar-refractivity contribution in [2.24, 2.45) is 5.41 Å². The highest BCUT2D eigenvalue weighted by Gasteiger charge is 2.44. The first-order valence-corrected chi connectivity index (χ1v) is 7.73. The highest BCUT2D eigenvalue weighted by Crippen LogP contribution is 2.34. The van der Waals surface area contributed by atoms with E-state index in [-0.39, 0.29) is 12.6 Å². The Bertz CT molecular complexity index is 576. The number of hydrogen-bond donors (Lipinski definition) is 2. The van der Waals surface area contributed by atoms with Gasteiger partial charge in [-0.1, -0.05) is 22.9 Å². The molecule has 0 spiro atoms. The Labute approximate surface area is 132 Å². The summed E-state index contributed by atoms with van der Waals surface area (Å²) in [5.41, 5.74) is 0.945. The van der Waals surface area contributed by atoms with E-state index >= 15 is 0 Å². The second kappa shape index (κ2) is 6.05. The van der Waals surface area contributed by atoms with Crippen LogP contribution in [0.4, 0.5) is 10.5 Å². The molecule has 5 nitrogen and oxygen atoms in total. The summed E-state index contributed by atoms with van der Waals surface area (Å²) in [6, 6.07) is 5.33. The number of urea groups is 1. The van der Waals surface area contributed by atoms with Crippen LogP contribution in [0.5, 0.6) is 0 Å². The Morgan fingerprint density at radius 3 is 2.71 bits per heavy atom. The van der Waals surface area contributed by atoms with E-state index in [9.17, 15) is 14.7 Å². The van der Waals surface area contributed by atoms with Gasteiger partial charge in [-0.05, 0) is 43.5 Å². The van der Waals surface area contributed by atoms with Crippen molar-refractivity contribution in [3.05, 3.63) is 28.2 Å². The number of halogens is 1. The van der Waals surface area contributed by atoms with Gasteiger partial charge in [0.1, 0.15) is 0 Å². The summed E-state index contributed by atoms with van der Waals surface area (Å²) in [7, 11) is 0. The maximum Gasteiger partial charge on any atom is 0.321 e. The number of carbonyl (C=O) groups is 2. The fourth-order valence-electron chi connectivity index (χ4n) is 2.59. The number of nitrogens with zero attached hydrogens (tertiary/aromatic N) is 1. The number of aryl methyl sites for hydroxylation is 1. The van der Waals surface area contributed by atoms with E-state index in [1.54, 1.807) is 4.90 Å². The van der Waals surface area contributed by atoms with Crippen LogP contribution in [0.25, 0.3) is 0 Å². The minimum Gasteiger partial charge on any atom is -0.481 e. The van der Waals surface area contributed by atoms with E-state index in [2.05, 4.69) is 21.2 Å². The molecule has 0 saturated carbocycles. The number of aliphatic carboxylic acids is 1. The molecular weight excluding hydrogens is 336 g/mol. The first-order valence-electron chi connectivity index (χ1n) is 6.93. The number of rotatable bonds is 3. The summed E-state index contributed by atoms with van der Waals surface area (Å²) in [5, 5.41) is 12.2. The van der Waals surface area contributed by atoms with Gasteiger partial charge < -0.3 is 15.3 Å². The number of anilines is 1. The van der Waals surface area contributed by atoms with Crippen molar-refractivity contribution in [1.82, 2.24) is 4.90 Å². The van der Waals surface area contributed by atoms with Gasteiger partial charge in [-0.2, -0.15) is 0 Å². The summed E-state index contributed by atoms with van der Waals surface area (Å²) in [6.45, 7) is 4.54. The van der Waals surface area contributed by atoms with Crippen LogP contribution in [0.1, 0.15) is 25.3 Å². The second-order valence-corrected chi connectivity index (χ2v) is 6.36. The average molecular weight is 355 g/mol. The van der Waals surface area contributed by atoms with Gasteiger partial charge in [0, 0.05) is 23.2 Å².